The van der Waals surface area contributed by atoms with Crippen molar-refractivity contribution in [1.82, 2.24) is 25.3 Å². The quantitative estimate of drug-likeness (QED) is 0.648. The number of aromatic nitrogens is 4. The minimum Gasteiger partial charge on any atom is -0.497 e. The summed E-state index contributed by atoms with van der Waals surface area (Å²) in [6, 6.07) is 13.6. The van der Waals surface area contributed by atoms with E-state index in [2.05, 4.69) is 25.5 Å². The summed E-state index contributed by atoms with van der Waals surface area (Å²) in [5.74, 6) is 2.36. The van der Waals surface area contributed by atoms with Crippen LogP contribution in [0.4, 0.5) is 5.82 Å². The lowest BCUT2D eigenvalue weighted by molar-refractivity contribution is -0.125. The van der Waals surface area contributed by atoms with Crippen molar-refractivity contribution in [1.29, 1.82) is 0 Å². The van der Waals surface area contributed by atoms with Gasteiger partial charge in [0, 0.05) is 32.0 Å². The van der Waals surface area contributed by atoms with E-state index < -0.39 is 0 Å². The summed E-state index contributed by atoms with van der Waals surface area (Å²) in [6.07, 6.45) is 6.16. The number of ether oxygens (including phenoxy) is 1. The molecule has 3 heterocycles. The number of hydrogen-bond acceptors (Lipinski definition) is 6. The Morgan fingerprint density at radius 3 is 2.83 bits per heavy atom. The molecule has 2 aromatic heterocycles. The highest BCUT2D eigenvalue weighted by Crippen LogP contribution is 2.22. The zero-order valence-corrected chi connectivity index (χ0v) is 17.1. The first-order valence-corrected chi connectivity index (χ1v) is 10.2. The van der Waals surface area contributed by atoms with Gasteiger partial charge in [0.25, 0.3) is 0 Å². The van der Waals surface area contributed by atoms with Gasteiger partial charge in [0.15, 0.2) is 11.6 Å². The molecule has 1 fully saturated rings. The average molecular weight is 406 g/mol. The molecule has 0 unspecified atom stereocenters. The molecule has 1 N–H and O–H groups in total. The molecule has 1 saturated heterocycles. The Morgan fingerprint density at radius 1 is 1.20 bits per heavy atom. The Bertz CT molecular complexity index is 958. The molecule has 4 rings (SSSR count). The van der Waals surface area contributed by atoms with E-state index in [4.69, 9.17) is 4.74 Å². The van der Waals surface area contributed by atoms with E-state index in [1.165, 1.54) is 0 Å². The molecule has 1 amide bonds. The number of anilines is 1. The van der Waals surface area contributed by atoms with Crippen molar-refractivity contribution < 1.29 is 9.53 Å². The van der Waals surface area contributed by atoms with Gasteiger partial charge in [-0.15, -0.1) is 10.2 Å². The summed E-state index contributed by atoms with van der Waals surface area (Å²) in [5.41, 5.74) is 1.15. The Labute approximate surface area is 175 Å². The predicted octanol–water partition coefficient (Wildman–Crippen LogP) is 2.25. The lowest BCUT2D eigenvalue weighted by Crippen LogP contribution is -2.43. The first-order valence-electron chi connectivity index (χ1n) is 10.2. The third-order valence-corrected chi connectivity index (χ3v) is 5.34. The normalized spacial score (nSPS) is 16.3. The van der Waals surface area contributed by atoms with Crippen molar-refractivity contribution in [3.63, 3.8) is 0 Å². The minimum atomic E-state index is -0.0448. The van der Waals surface area contributed by atoms with Crippen molar-refractivity contribution in [2.75, 3.05) is 31.6 Å². The maximum Gasteiger partial charge on any atom is 0.224 e. The highest BCUT2D eigenvalue weighted by Gasteiger charge is 2.26. The number of carbonyl (C=O) groups is 1. The highest BCUT2D eigenvalue weighted by atomic mass is 16.5. The maximum atomic E-state index is 12.7. The van der Waals surface area contributed by atoms with Crippen molar-refractivity contribution in [2.24, 2.45) is 5.92 Å². The van der Waals surface area contributed by atoms with Crippen LogP contribution in [0.25, 0.3) is 5.82 Å². The number of nitrogens with zero attached hydrogens (tertiary/aromatic N) is 5. The second kappa shape index (κ2) is 9.39. The lowest BCUT2D eigenvalue weighted by atomic mass is 9.97. The molecule has 3 aromatic rings. The molecule has 1 aliphatic heterocycles. The molecule has 156 valence electrons. The van der Waals surface area contributed by atoms with Gasteiger partial charge in [-0.3, -0.25) is 4.79 Å². The van der Waals surface area contributed by atoms with Crippen LogP contribution in [0.1, 0.15) is 18.4 Å². The third kappa shape index (κ3) is 4.76. The van der Waals surface area contributed by atoms with Crippen LogP contribution < -0.4 is 15.0 Å². The second-order valence-corrected chi connectivity index (χ2v) is 7.38. The van der Waals surface area contributed by atoms with Crippen LogP contribution in [0.3, 0.4) is 0 Å². The van der Waals surface area contributed by atoms with E-state index in [-0.39, 0.29) is 11.8 Å². The number of nitrogens with one attached hydrogen (secondary N) is 1. The fraction of sp³-hybridized carbons (Fsp3) is 0.364. The van der Waals surface area contributed by atoms with Gasteiger partial charge in [-0.2, -0.15) is 5.10 Å². The van der Waals surface area contributed by atoms with E-state index in [1.807, 2.05) is 48.7 Å². The number of benzene rings is 1. The summed E-state index contributed by atoms with van der Waals surface area (Å²) in [7, 11) is 1.66. The Morgan fingerprint density at radius 2 is 2.07 bits per heavy atom. The number of hydrogen-bond donors (Lipinski definition) is 1. The summed E-state index contributed by atoms with van der Waals surface area (Å²) < 4.78 is 6.92. The zero-order valence-electron chi connectivity index (χ0n) is 17.1. The van der Waals surface area contributed by atoms with Gasteiger partial charge in [0.2, 0.25) is 5.91 Å². The Balaban J connectivity index is 1.30. The Hall–Kier alpha value is -3.42. The molecule has 0 saturated carbocycles. The second-order valence-electron chi connectivity index (χ2n) is 7.38. The molecule has 1 aliphatic rings. The fourth-order valence-corrected chi connectivity index (χ4v) is 3.71. The average Bonchev–Trinajstić information content (AvgIpc) is 3.34. The van der Waals surface area contributed by atoms with Crippen LogP contribution >= 0.6 is 0 Å². The molecule has 0 bridgehead atoms. The van der Waals surface area contributed by atoms with Crippen LogP contribution in [0.5, 0.6) is 5.75 Å². The van der Waals surface area contributed by atoms with Gasteiger partial charge < -0.3 is 15.0 Å². The van der Waals surface area contributed by atoms with Gasteiger partial charge in [-0.05, 0) is 55.2 Å². The number of rotatable bonds is 7. The molecular weight excluding hydrogens is 380 g/mol. The van der Waals surface area contributed by atoms with E-state index in [1.54, 1.807) is 18.0 Å². The van der Waals surface area contributed by atoms with Crippen molar-refractivity contribution in [2.45, 2.75) is 19.3 Å². The molecular formula is C22H26N6O2. The van der Waals surface area contributed by atoms with Gasteiger partial charge in [-0.25, -0.2) is 4.68 Å². The molecule has 0 aliphatic carbocycles. The first-order chi connectivity index (χ1) is 14.7. The zero-order chi connectivity index (χ0) is 20.8. The van der Waals surface area contributed by atoms with Crippen LogP contribution in [0.2, 0.25) is 0 Å². The standard InChI is InChI=1S/C22H26N6O2/c1-30-19-7-2-5-17(15-19)10-12-23-22(29)18-6-3-13-27(16-18)20-8-9-21(26-25-20)28-14-4-11-24-28/h2,4-5,7-9,11,14-15,18H,3,6,10,12-13,16H2,1H3,(H,23,29)/t18-/m0/s1. The summed E-state index contributed by atoms with van der Waals surface area (Å²) in [5, 5.41) is 15.9. The molecule has 1 aromatic carbocycles. The van der Waals surface area contributed by atoms with Crippen molar-refractivity contribution in [3.05, 3.63) is 60.4 Å². The van der Waals surface area contributed by atoms with E-state index in [0.29, 0.717) is 18.9 Å². The SMILES string of the molecule is COc1cccc(CCNC(=O)[C@H]2CCCN(c3ccc(-n4cccn4)nn3)C2)c1. The fourth-order valence-electron chi connectivity index (χ4n) is 3.71. The maximum absolute atomic E-state index is 12.7. The molecule has 8 heteroatoms. The predicted molar refractivity (Wildman–Crippen MR) is 114 cm³/mol. The molecule has 8 nitrogen and oxygen atoms in total. The van der Waals surface area contributed by atoms with Crippen LogP contribution in [0.15, 0.2) is 54.9 Å². The summed E-state index contributed by atoms with van der Waals surface area (Å²) >= 11 is 0. The van der Waals surface area contributed by atoms with Gasteiger partial charge in [0.1, 0.15) is 5.75 Å². The molecule has 1 atom stereocenters. The molecule has 30 heavy (non-hydrogen) atoms. The molecule has 0 radical (unpaired) electrons. The minimum absolute atomic E-state index is 0.0448. The summed E-state index contributed by atoms with van der Waals surface area (Å²) in [4.78, 5) is 14.8. The number of methoxy groups -OCH3 is 1. The van der Waals surface area contributed by atoms with Gasteiger partial charge >= 0.3 is 0 Å². The van der Waals surface area contributed by atoms with Gasteiger partial charge in [-0.1, -0.05) is 12.1 Å². The van der Waals surface area contributed by atoms with E-state index in [9.17, 15) is 4.79 Å². The summed E-state index contributed by atoms with van der Waals surface area (Å²) in [6.45, 7) is 2.14. The number of piperidine rings is 1. The van der Waals surface area contributed by atoms with E-state index >= 15 is 0 Å². The van der Waals surface area contributed by atoms with Crippen molar-refractivity contribution >= 4 is 11.7 Å². The van der Waals surface area contributed by atoms with Crippen molar-refractivity contribution in [3.8, 4) is 11.6 Å². The number of carbonyl (C=O) groups excluding carboxylic acids is 1. The first kappa shape index (κ1) is 19.9. The molecule has 0 spiro atoms. The number of amides is 1. The van der Waals surface area contributed by atoms with E-state index in [0.717, 1.165) is 42.9 Å². The largest absolute Gasteiger partial charge is 0.497 e. The Kier molecular flexibility index (Phi) is 6.22. The van der Waals surface area contributed by atoms with Gasteiger partial charge in [0.05, 0.1) is 13.0 Å². The van der Waals surface area contributed by atoms with Crippen LogP contribution in [-0.4, -0.2) is 52.6 Å². The lowest BCUT2D eigenvalue weighted by Gasteiger charge is -2.32. The third-order valence-electron chi connectivity index (χ3n) is 5.34. The monoisotopic (exact) mass is 406 g/mol. The highest BCUT2D eigenvalue weighted by molar-refractivity contribution is 5.79. The smallest absolute Gasteiger partial charge is 0.224 e. The van der Waals surface area contributed by atoms with Crippen LogP contribution in [-0.2, 0) is 11.2 Å². The van der Waals surface area contributed by atoms with Crippen LogP contribution in [0, 0.1) is 5.92 Å². The topological polar surface area (TPSA) is 85.2 Å².